The maximum Gasteiger partial charge on any atom is 0.408 e. The van der Waals surface area contributed by atoms with Crippen molar-refractivity contribution in [3.63, 3.8) is 0 Å². The minimum Gasteiger partial charge on any atom is -0.459 e. The first-order chi connectivity index (χ1) is 19.0. The molecule has 0 spiro atoms. The van der Waals surface area contributed by atoms with E-state index in [2.05, 4.69) is 5.32 Å². The fourth-order valence-corrected chi connectivity index (χ4v) is 4.50. The summed E-state index contributed by atoms with van der Waals surface area (Å²) in [5.41, 5.74) is 2.21. The zero-order chi connectivity index (χ0) is 28.9. The van der Waals surface area contributed by atoms with Crippen molar-refractivity contribution in [1.29, 1.82) is 0 Å². The third kappa shape index (κ3) is 7.63. The predicted molar refractivity (Wildman–Crippen MR) is 153 cm³/mol. The summed E-state index contributed by atoms with van der Waals surface area (Å²) in [5.74, 6) is 0.180. The molecule has 2 heterocycles. The normalized spacial score (nSPS) is 14.7. The van der Waals surface area contributed by atoms with Gasteiger partial charge >= 0.3 is 12.1 Å². The van der Waals surface area contributed by atoms with Crippen molar-refractivity contribution in [3.8, 4) is 11.1 Å². The average molecular weight is 551 g/mol. The summed E-state index contributed by atoms with van der Waals surface area (Å²) in [6.07, 6.45) is -0.228. The summed E-state index contributed by atoms with van der Waals surface area (Å²) in [6.45, 7) is 11.8. The Morgan fingerprint density at radius 2 is 1.75 bits per heavy atom. The molecule has 9 heteroatoms. The van der Waals surface area contributed by atoms with Gasteiger partial charge < -0.3 is 28.8 Å². The van der Waals surface area contributed by atoms with Crippen LogP contribution in [-0.4, -0.2) is 50.0 Å². The third-order valence-electron chi connectivity index (χ3n) is 6.39. The summed E-state index contributed by atoms with van der Waals surface area (Å²) >= 11 is 0. The third-order valence-corrected chi connectivity index (χ3v) is 6.39. The SMILES string of the molecule is CC(C)C[C@H](NC(=O)OC(C)(C)C)C(=O)OCc1ccc(-c2cccc3c(=O)cc(N4CCOCC4)oc23)cc1. The van der Waals surface area contributed by atoms with Gasteiger partial charge in [-0.15, -0.1) is 0 Å². The number of rotatable bonds is 8. The number of alkyl carbamates (subject to hydrolysis) is 1. The van der Waals surface area contributed by atoms with Gasteiger partial charge in [0.25, 0.3) is 0 Å². The van der Waals surface area contributed by atoms with Crippen LogP contribution in [0.3, 0.4) is 0 Å². The Bertz CT molecular complexity index is 1380. The van der Waals surface area contributed by atoms with E-state index in [9.17, 15) is 14.4 Å². The lowest BCUT2D eigenvalue weighted by molar-refractivity contribution is -0.148. The van der Waals surface area contributed by atoms with Crippen molar-refractivity contribution in [2.45, 2.75) is 59.3 Å². The molecule has 0 unspecified atom stereocenters. The van der Waals surface area contributed by atoms with Crippen LogP contribution in [0.1, 0.15) is 46.6 Å². The largest absolute Gasteiger partial charge is 0.459 e. The molecule has 9 nitrogen and oxygen atoms in total. The van der Waals surface area contributed by atoms with Gasteiger partial charge in [0, 0.05) is 24.7 Å². The summed E-state index contributed by atoms with van der Waals surface area (Å²) in [7, 11) is 0. The average Bonchev–Trinajstić information content (AvgIpc) is 2.90. The van der Waals surface area contributed by atoms with Crippen molar-refractivity contribution in [1.82, 2.24) is 5.32 Å². The molecule has 3 aromatic rings. The van der Waals surface area contributed by atoms with Crippen LogP contribution in [0, 0.1) is 5.92 Å². The summed E-state index contributed by atoms with van der Waals surface area (Å²) in [6, 6.07) is 13.8. The molecule has 2 aromatic carbocycles. The molecule has 1 aromatic heterocycles. The molecular weight excluding hydrogens is 512 g/mol. The van der Waals surface area contributed by atoms with E-state index in [1.54, 1.807) is 32.9 Å². The first-order valence-electron chi connectivity index (χ1n) is 13.6. The number of nitrogens with zero attached hydrogens (tertiary/aromatic N) is 1. The molecule has 1 N–H and O–H groups in total. The number of para-hydroxylation sites is 1. The molecule has 1 atom stereocenters. The predicted octanol–water partition coefficient (Wildman–Crippen LogP) is 5.28. The summed E-state index contributed by atoms with van der Waals surface area (Å²) in [4.78, 5) is 40.0. The van der Waals surface area contributed by atoms with E-state index in [0.29, 0.717) is 49.6 Å². The second-order valence-electron chi connectivity index (χ2n) is 11.4. The lowest BCUT2D eigenvalue weighted by Crippen LogP contribution is -2.44. The highest BCUT2D eigenvalue weighted by molar-refractivity contribution is 5.92. The number of hydrogen-bond donors (Lipinski definition) is 1. The van der Waals surface area contributed by atoms with Crippen molar-refractivity contribution in [2.75, 3.05) is 31.2 Å². The van der Waals surface area contributed by atoms with E-state index in [4.69, 9.17) is 18.6 Å². The van der Waals surface area contributed by atoms with Gasteiger partial charge in [-0.05, 0) is 50.3 Å². The van der Waals surface area contributed by atoms with E-state index in [1.807, 2.05) is 55.1 Å². The van der Waals surface area contributed by atoms with Crippen LogP contribution in [0.25, 0.3) is 22.1 Å². The molecule has 0 saturated carbocycles. The number of benzene rings is 2. The minimum atomic E-state index is -0.812. The second kappa shape index (κ2) is 12.6. The topological polar surface area (TPSA) is 107 Å². The molecule has 4 rings (SSSR count). The van der Waals surface area contributed by atoms with Crippen LogP contribution in [0.5, 0.6) is 0 Å². The maximum atomic E-state index is 12.9. The van der Waals surface area contributed by atoms with Gasteiger partial charge in [0.1, 0.15) is 23.8 Å². The van der Waals surface area contributed by atoms with E-state index in [-0.39, 0.29) is 18.0 Å². The van der Waals surface area contributed by atoms with Crippen LogP contribution in [0.15, 0.2) is 57.7 Å². The number of amides is 1. The Balaban J connectivity index is 1.48. The highest BCUT2D eigenvalue weighted by Crippen LogP contribution is 2.30. The molecular formula is C31H38N2O7. The molecule has 1 aliphatic heterocycles. The molecule has 1 aliphatic rings. The van der Waals surface area contributed by atoms with Crippen LogP contribution in [0.2, 0.25) is 0 Å². The zero-order valence-corrected chi connectivity index (χ0v) is 23.8. The van der Waals surface area contributed by atoms with Gasteiger partial charge in [-0.2, -0.15) is 0 Å². The van der Waals surface area contributed by atoms with E-state index < -0.39 is 23.7 Å². The Hall–Kier alpha value is -3.85. The quantitative estimate of drug-likeness (QED) is 0.378. The lowest BCUT2D eigenvalue weighted by atomic mass is 10.0. The number of anilines is 1. The lowest BCUT2D eigenvalue weighted by Gasteiger charge is -2.27. The maximum absolute atomic E-state index is 12.9. The fraction of sp³-hybridized carbons (Fsp3) is 0.452. The Kier molecular flexibility index (Phi) is 9.14. The Labute approximate surface area is 234 Å². The smallest absolute Gasteiger partial charge is 0.408 e. The van der Waals surface area contributed by atoms with Crippen LogP contribution in [0.4, 0.5) is 10.7 Å². The van der Waals surface area contributed by atoms with Crippen molar-refractivity contribution in [3.05, 3.63) is 64.3 Å². The van der Waals surface area contributed by atoms with E-state index in [1.165, 1.54) is 0 Å². The van der Waals surface area contributed by atoms with E-state index in [0.717, 1.165) is 16.7 Å². The first-order valence-corrected chi connectivity index (χ1v) is 13.6. The number of fused-ring (bicyclic) bond motifs is 1. The summed E-state index contributed by atoms with van der Waals surface area (Å²) in [5, 5.41) is 3.15. The molecule has 1 amide bonds. The van der Waals surface area contributed by atoms with Gasteiger partial charge in [0.2, 0.25) is 0 Å². The Morgan fingerprint density at radius 3 is 2.40 bits per heavy atom. The van der Waals surface area contributed by atoms with Gasteiger partial charge in [-0.1, -0.05) is 50.2 Å². The van der Waals surface area contributed by atoms with Crippen LogP contribution in [-0.2, 0) is 25.6 Å². The monoisotopic (exact) mass is 550 g/mol. The number of carbonyl (C=O) groups excluding carboxylic acids is 2. The number of morpholine rings is 1. The number of esters is 1. The number of carbonyl (C=O) groups is 2. The van der Waals surface area contributed by atoms with Gasteiger partial charge in [-0.25, -0.2) is 9.59 Å². The van der Waals surface area contributed by atoms with Crippen molar-refractivity contribution >= 4 is 28.9 Å². The number of nitrogens with one attached hydrogen (secondary N) is 1. The second-order valence-corrected chi connectivity index (χ2v) is 11.4. The van der Waals surface area contributed by atoms with E-state index >= 15 is 0 Å². The molecule has 0 bridgehead atoms. The standard InChI is InChI=1S/C31H38N2O7/c1-20(2)17-25(32-30(36)40-31(3,4)5)29(35)38-19-21-9-11-22(12-10-21)23-7-6-8-24-26(34)18-27(39-28(23)24)33-13-15-37-16-14-33/h6-12,18,20,25H,13-17,19H2,1-5H3,(H,32,36)/t25-/m0/s1. The number of ether oxygens (including phenoxy) is 3. The molecule has 0 aliphatic carbocycles. The van der Waals surface area contributed by atoms with Crippen molar-refractivity contribution < 1.29 is 28.2 Å². The molecule has 40 heavy (non-hydrogen) atoms. The van der Waals surface area contributed by atoms with Crippen molar-refractivity contribution in [2.24, 2.45) is 5.92 Å². The van der Waals surface area contributed by atoms with Gasteiger partial charge in [-0.3, -0.25) is 4.79 Å². The zero-order valence-electron chi connectivity index (χ0n) is 23.8. The molecule has 0 radical (unpaired) electrons. The fourth-order valence-electron chi connectivity index (χ4n) is 4.50. The van der Waals surface area contributed by atoms with Crippen LogP contribution < -0.4 is 15.6 Å². The highest BCUT2D eigenvalue weighted by Gasteiger charge is 2.26. The molecule has 214 valence electrons. The first kappa shape index (κ1) is 29.1. The Morgan fingerprint density at radius 1 is 1.05 bits per heavy atom. The molecule has 1 fully saturated rings. The van der Waals surface area contributed by atoms with Gasteiger partial charge in [0.05, 0.1) is 18.6 Å². The minimum absolute atomic E-state index is 0.0511. The van der Waals surface area contributed by atoms with Gasteiger partial charge in [0.15, 0.2) is 11.3 Å². The highest BCUT2D eigenvalue weighted by atomic mass is 16.6. The summed E-state index contributed by atoms with van der Waals surface area (Å²) < 4.78 is 22.5. The number of hydrogen-bond acceptors (Lipinski definition) is 8. The molecule has 1 saturated heterocycles. The van der Waals surface area contributed by atoms with Crippen LogP contribution >= 0.6 is 0 Å².